The first-order valence-electron chi connectivity index (χ1n) is 6.11. The first kappa shape index (κ1) is 12.8. The van der Waals surface area contributed by atoms with Crippen molar-refractivity contribution in [1.82, 2.24) is 4.31 Å². The van der Waals surface area contributed by atoms with Crippen LogP contribution in [0.15, 0.2) is 0 Å². The van der Waals surface area contributed by atoms with Gasteiger partial charge in [-0.1, -0.05) is 0 Å². The summed E-state index contributed by atoms with van der Waals surface area (Å²) in [4.78, 5) is 0. The van der Waals surface area contributed by atoms with Crippen LogP contribution < -0.4 is 0 Å². The summed E-state index contributed by atoms with van der Waals surface area (Å²) in [6.45, 7) is 0.998. The fraction of sp³-hybridized carbons (Fsp3) is 0.909. The van der Waals surface area contributed by atoms with Crippen molar-refractivity contribution in [1.29, 1.82) is 5.26 Å². The Kier molecular flexibility index (Phi) is 4.02. The largest absolute Gasteiger partial charge is 0.377 e. The molecule has 0 aromatic carbocycles. The summed E-state index contributed by atoms with van der Waals surface area (Å²) in [5.41, 5.74) is 0. The number of hydrogen-bond acceptors (Lipinski definition) is 4. The second-order valence-electron chi connectivity index (χ2n) is 4.66. The molecule has 1 aliphatic carbocycles. The van der Waals surface area contributed by atoms with E-state index in [0.29, 0.717) is 13.2 Å². The molecule has 0 N–H and O–H groups in total. The number of nitrogens with zero attached hydrogens (tertiary/aromatic N) is 2. The van der Waals surface area contributed by atoms with Gasteiger partial charge in [0, 0.05) is 25.6 Å². The van der Waals surface area contributed by atoms with Gasteiger partial charge in [-0.15, -0.1) is 0 Å². The van der Waals surface area contributed by atoms with E-state index in [1.165, 1.54) is 4.31 Å². The lowest BCUT2D eigenvalue weighted by Crippen LogP contribution is -2.38. The van der Waals surface area contributed by atoms with Crippen molar-refractivity contribution in [2.24, 2.45) is 0 Å². The van der Waals surface area contributed by atoms with Crippen LogP contribution in [0.25, 0.3) is 0 Å². The van der Waals surface area contributed by atoms with Gasteiger partial charge in [-0.3, -0.25) is 0 Å². The van der Waals surface area contributed by atoms with Gasteiger partial charge in [0.2, 0.25) is 10.0 Å². The van der Waals surface area contributed by atoms with Gasteiger partial charge in [0.05, 0.1) is 17.9 Å². The highest BCUT2D eigenvalue weighted by molar-refractivity contribution is 7.89. The fourth-order valence-corrected chi connectivity index (χ4v) is 4.14. The van der Waals surface area contributed by atoms with E-state index in [1.807, 2.05) is 6.07 Å². The van der Waals surface area contributed by atoms with Crippen LogP contribution in [0.5, 0.6) is 0 Å². The van der Waals surface area contributed by atoms with Gasteiger partial charge in [0.25, 0.3) is 0 Å². The van der Waals surface area contributed by atoms with Gasteiger partial charge in [-0.25, -0.2) is 8.42 Å². The van der Waals surface area contributed by atoms with E-state index in [0.717, 1.165) is 25.7 Å². The van der Waals surface area contributed by atoms with E-state index in [1.54, 1.807) is 0 Å². The molecule has 1 aliphatic heterocycles. The van der Waals surface area contributed by atoms with E-state index in [4.69, 9.17) is 10.00 Å². The van der Waals surface area contributed by atoms with E-state index in [-0.39, 0.29) is 24.3 Å². The highest BCUT2D eigenvalue weighted by Crippen LogP contribution is 2.30. The second-order valence-corrected chi connectivity index (χ2v) is 6.63. The number of sulfonamides is 1. The van der Waals surface area contributed by atoms with E-state index in [2.05, 4.69) is 0 Å². The Hall–Kier alpha value is -0.640. The SMILES string of the molecule is N#CCCN(C1CC1)S(=O)(=O)CC1CCCO1. The quantitative estimate of drug-likeness (QED) is 0.709. The molecule has 1 unspecified atom stereocenters. The molecule has 17 heavy (non-hydrogen) atoms. The molecule has 1 saturated heterocycles. The van der Waals surface area contributed by atoms with Crippen LogP contribution in [0.4, 0.5) is 0 Å². The minimum absolute atomic E-state index is 0.0783. The topological polar surface area (TPSA) is 70.4 Å². The lowest BCUT2D eigenvalue weighted by Gasteiger charge is -2.22. The molecule has 5 nitrogen and oxygen atoms in total. The Morgan fingerprint density at radius 3 is 2.65 bits per heavy atom. The van der Waals surface area contributed by atoms with Crippen LogP contribution in [0.2, 0.25) is 0 Å². The van der Waals surface area contributed by atoms with Crippen molar-refractivity contribution >= 4 is 10.0 Å². The molecule has 0 amide bonds. The number of nitriles is 1. The normalized spacial score (nSPS) is 25.1. The van der Waals surface area contributed by atoms with Gasteiger partial charge in [0.1, 0.15) is 0 Å². The smallest absolute Gasteiger partial charge is 0.216 e. The molecule has 0 aromatic rings. The molecule has 2 fully saturated rings. The molecular formula is C11H18N2O3S. The second kappa shape index (κ2) is 5.34. The van der Waals surface area contributed by atoms with Crippen molar-refractivity contribution < 1.29 is 13.2 Å². The summed E-state index contributed by atoms with van der Waals surface area (Å²) in [5, 5.41) is 8.57. The zero-order valence-electron chi connectivity index (χ0n) is 9.84. The predicted octanol–water partition coefficient (Wildman–Crippen LogP) is 0.873. The molecule has 0 spiro atoms. The third-order valence-corrected chi connectivity index (χ3v) is 5.16. The number of rotatable bonds is 6. The molecule has 0 radical (unpaired) electrons. The van der Waals surface area contributed by atoms with Crippen LogP contribution in [-0.2, 0) is 14.8 Å². The summed E-state index contributed by atoms with van der Waals surface area (Å²) in [6, 6.07) is 2.14. The third-order valence-electron chi connectivity index (χ3n) is 3.18. The summed E-state index contributed by atoms with van der Waals surface area (Å²) in [7, 11) is -3.26. The monoisotopic (exact) mass is 258 g/mol. The molecule has 2 aliphatic rings. The van der Waals surface area contributed by atoms with Gasteiger partial charge in [0.15, 0.2) is 0 Å². The van der Waals surface area contributed by atoms with Gasteiger partial charge in [-0.2, -0.15) is 9.57 Å². The van der Waals surface area contributed by atoms with Crippen LogP contribution >= 0.6 is 0 Å². The Morgan fingerprint density at radius 1 is 1.35 bits per heavy atom. The minimum Gasteiger partial charge on any atom is -0.377 e. The lowest BCUT2D eigenvalue weighted by atomic mass is 10.3. The summed E-state index contributed by atoms with van der Waals surface area (Å²) in [6.07, 6.45) is 3.74. The number of ether oxygens (including phenoxy) is 1. The first-order chi connectivity index (χ1) is 8.13. The Balaban J connectivity index is 1.97. The van der Waals surface area contributed by atoms with Crippen LogP contribution in [0.3, 0.4) is 0 Å². The van der Waals surface area contributed by atoms with E-state index < -0.39 is 10.0 Å². The van der Waals surface area contributed by atoms with Crippen LogP contribution in [0.1, 0.15) is 32.1 Å². The maximum absolute atomic E-state index is 12.2. The minimum atomic E-state index is -3.26. The van der Waals surface area contributed by atoms with Crippen molar-refractivity contribution in [2.75, 3.05) is 18.9 Å². The fourth-order valence-electron chi connectivity index (χ4n) is 2.18. The molecule has 1 saturated carbocycles. The van der Waals surface area contributed by atoms with Gasteiger partial charge >= 0.3 is 0 Å². The third kappa shape index (κ3) is 3.41. The highest BCUT2D eigenvalue weighted by Gasteiger charge is 2.38. The zero-order valence-corrected chi connectivity index (χ0v) is 10.7. The summed E-state index contributed by atoms with van der Waals surface area (Å²) in [5.74, 6) is 0.0783. The Morgan fingerprint density at radius 2 is 2.12 bits per heavy atom. The average molecular weight is 258 g/mol. The predicted molar refractivity (Wildman–Crippen MR) is 62.7 cm³/mol. The van der Waals surface area contributed by atoms with Crippen LogP contribution in [0, 0.1) is 11.3 Å². The van der Waals surface area contributed by atoms with Crippen LogP contribution in [-0.4, -0.2) is 43.8 Å². The molecule has 6 heteroatoms. The maximum Gasteiger partial charge on any atom is 0.216 e. The maximum atomic E-state index is 12.2. The molecule has 0 bridgehead atoms. The first-order valence-corrected chi connectivity index (χ1v) is 7.72. The van der Waals surface area contributed by atoms with Gasteiger partial charge < -0.3 is 4.74 Å². The molecular weight excluding hydrogens is 240 g/mol. The van der Waals surface area contributed by atoms with E-state index in [9.17, 15) is 8.42 Å². The molecule has 0 aromatic heterocycles. The van der Waals surface area contributed by atoms with Crippen molar-refractivity contribution in [2.45, 2.75) is 44.2 Å². The molecule has 2 rings (SSSR count). The van der Waals surface area contributed by atoms with Crippen molar-refractivity contribution in [3.8, 4) is 6.07 Å². The van der Waals surface area contributed by atoms with Gasteiger partial charge in [-0.05, 0) is 25.7 Å². The standard InChI is InChI=1S/C11H18N2O3S/c12-6-2-7-13(10-4-5-10)17(14,15)9-11-3-1-8-16-11/h10-11H,1-5,7-9H2. The molecule has 1 atom stereocenters. The average Bonchev–Trinajstić information content (AvgIpc) is 2.97. The Bertz CT molecular complexity index is 391. The van der Waals surface area contributed by atoms with E-state index >= 15 is 0 Å². The summed E-state index contributed by atoms with van der Waals surface area (Å²) >= 11 is 0. The van der Waals surface area contributed by atoms with Crippen molar-refractivity contribution in [3.63, 3.8) is 0 Å². The Labute approximate surface area is 102 Å². The summed E-state index contributed by atoms with van der Waals surface area (Å²) < 4.78 is 31.3. The van der Waals surface area contributed by atoms with Crippen molar-refractivity contribution in [3.05, 3.63) is 0 Å². The lowest BCUT2D eigenvalue weighted by molar-refractivity contribution is 0.126. The molecule has 1 heterocycles. The zero-order chi connectivity index (χ0) is 12.3. The highest BCUT2D eigenvalue weighted by atomic mass is 32.2. The number of hydrogen-bond donors (Lipinski definition) is 0. The molecule has 96 valence electrons.